The molecule has 6 N–H and O–H groups in total. The van der Waals surface area contributed by atoms with Crippen LogP contribution >= 0.6 is 0 Å². The first kappa shape index (κ1) is 61.6. The Balaban J connectivity index is 0.000000121. The van der Waals surface area contributed by atoms with E-state index in [4.69, 9.17) is 31.4 Å². The second kappa shape index (κ2) is 24.8. The number of fused-ring (bicyclic) bond motifs is 12. The number of ketones is 2. The molecule has 3 fully saturated rings. The Morgan fingerprint density at radius 2 is 0.957 bits per heavy atom. The number of piperidine rings is 2. The monoisotopic (exact) mass is 1240 g/mol. The van der Waals surface area contributed by atoms with E-state index in [-0.39, 0.29) is 51.0 Å². The summed E-state index contributed by atoms with van der Waals surface area (Å²) in [6, 6.07) is 55.1. The summed E-state index contributed by atoms with van der Waals surface area (Å²) in [5, 5.41) is 0. The SMILES string of the molecule is CC(C)(C)c1ccc(/C=C/C(=O)C2CCC3(CC2)COc2ccc(CN)cc23)cc1.NCc1ccc2c(c1)C1(CCN(C(=O)c3cccc4c3C(=O)c3ccccc3-4)CC1)CO2.NCc1ccc2c(c1)C1(CCN(C(=O)c3cccc4c3Cc3ccccc3-4)CC1)CO2. The molecule has 474 valence electrons. The van der Waals surface area contributed by atoms with E-state index in [1.165, 1.54) is 44.5 Å². The smallest absolute Gasteiger partial charge is 0.254 e. The fraction of sp³-hybridized carbons (Fsp3) is 0.333. The van der Waals surface area contributed by atoms with E-state index in [9.17, 15) is 19.2 Å². The molecule has 5 heterocycles. The number of nitrogens with zero attached hydrogens (tertiary/aromatic N) is 2. The lowest BCUT2D eigenvalue weighted by Gasteiger charge is -2.39. The Kier molecular flexibility index (Phi) is 16.4. The van der Waals surface area contributed by atoms with Gasteiger partial charge in [0.1, 0.15) is 17.2 Å². The molecule has 3 spiro atoms. The molecule has 0 unspecified atom stereocenters. The number of ether oxygens (including phenoxy) is 3. The van der Waals surface area contributed by atoms with Crippen LogP contribution in [0.15, 0.2) is 170 Å². The van der Waals surface area contributed by atoms with Crippen LogP contribution in [0.5, 0.6) is 17.2 Å². The summed E-state index contributed by atoms with van der Waals surface area (Å²) in [7, 11) is 0. The summed E-state index contributed by atoms with van der Waals surface area (Å²) in [5.74, 6) is 3.32. The minimum atomic E-state index is -0.0675. The molecule has 8 aromatic rings. The van der Waals surface area contributed by atoms with Crippen LogP contribution < -0.4 is 31.4 Å². The third kappa shape index (κ3) is 11.4. The number of rotatable bonds is 8. The fourth-order valence-electron chi connectivity index (χ4n) is 15.9. The molecule has 3 aliphatic carbocycles. The van der Waals surface area contributed by atoms with Crippen LogP contribution in [0.3, 0.4) is 0 Å². The van der Waals surface area contributed by atoms with Crippen molar-refractivity contribution in [2.75, 3.05) is 46.0 Å². The van der Waals surface area contributed by atoms with Crippen LogP contribution in [0, 0.1) is 5.92 Å². The highest BCUT2D eigenvalue weighted by Gasteiger charge is 2.47. The van der Waals surface area contributed by atoms with E-state index in [1.807, 2.05) is 88.7 Å². The Morgan fingerprint density at radius 3 is 1.47 bits per heavy atom. The Bertz CT molecular complexity index is 4270. The molecule has 12 nitrogen and oxygen atoms in total. The first-order chi connectivity index (χ1) is 45.1. The average molecular weight is 1240 g/mol. The summed E-state index contributed by atoms with van der Waals surface area (Å²) < 4.78 is 18.0. The van der Waals surface area contributed by atoms with Gasteiger partial charge in [0.25, 0.3) is 11.8 Å². The minimum absolute atomic E-state index is 0.00612. The minimum Gasteiger partial charge on any atom is -0.492 e. The highest BCUT2D eigenvalue weighted by Crippen LogP contribution is 2.51. The van der Waals surface area contributed by atoms with E-state index in [0.29, 0.717) is 62.6 Å². The number of likely N-dealkylation sites (tertiary alicyclic amines) is 2. The standard InChI is InChI=1S/C27H24N2O3.C27H26N2O2.C27H33NO2/c28-15-17-8-9-23-22(14-17)27(16-32-23)10-12-29(13-11-27)26(31)21-7-3-6-19-18-4-1-2-5-20(18)25(30)24(19)21;28-16-18-8-9-25-24(14-18)27(17-31-25)10-12-29(13-11-27)26(30)22-7-3-6-21-20-5-2-1-4-19(20)15-23(21)22;1-26(2,3)22-8-4-19(5-9-22)6-10-24(29)21-12-14-27(15-13-21)18-30-25-11-7-20(17-28)16-23(25)27/h1-9,14H,10-13,15-16,28H2;1-9,14H,10-13,15-17,28H2;4-11,16,21H,12-15,17-18,28H2,1-3H3/b;;10-6+. The van der Waals surface area contributed by atoms with Crippen LogP contribution in [0.25, 0.3) is 28.3 Å². The van der Waals surface area contributed by atoms with E-state index in [1.54, 1.807) is 12.1 Å². The van der Waals surface area contributed by atoms with Crippen LogP contribution in [-0.4, -0.2) is 79.2 Å². The molecule has 12 heteroatoms. The van der Waals surface area contributed by atoms with Gasteiger partial charge in [0, 0.05) is 101 Å². The molecule has 0 radical (unpaired) electrons. The number of benzene rings is 8. The van der Waals surface area contributed by atoms with Gasteiger partial charge in [-0.05, 0) is 161 Å². The van der Waals surface area contributed by atoms with Crippen molar-refractivity contribution in [1.82, 2.24) is 9.80 Å². The molecular weight excluding hydrogens is 1150 g/mol. The van der Waals surface area contributed by atoms with Crippen LogP contribution in [0.2, 0.25) is 0 Å². The van der Waals surface area contributed by atoms with Crippen LogP contribution in [0.4, 0.5) is 0 Å². The predicted molar refractivity (Wildman–Crippen MR) is 366 cm³/mol. The number of allylic oxidation sites excluding steroid dienone is 1. The lowest BCUT2D eigenvalue weighted by Crippen LogP contribution is -2.46. The Labute approximate surface area is 546 Å². The van der Waals surface area contributed by atoms with Gasteiger partial charge in [0.2, 0.25) is 0 Å². The van der Waals surface area contributed by atoms with Gasteiger partial charge in [-0.15, -0.1) is 0 Å². The molecule has 0 atom stereocenters. The van der Waals surface area contributed by atoms with Crippen molar-refractivity contribution < 1.29 is 33.4 Å². The molecule has 8 aromatic carbocycles. The van der Waals surface area contributed by atoms with Crippen LogP contribution in [-0.2, 0) is 52.5 Å². The van der Waals surface area contributed by atoms with E-state index in [0.717, 1.165) is 134 Å². The quantitative estimate of drug-likeness (QED) is 0.124. The highest BCUT2D eigenvalue weighted by molar-refractivity contribution is 6.25. The number of carbonyl (C=O) groups is 4. The van der Waals surface area contributed by atoms with Crippen LogP contribution in [0.1, 0.15) is 164 Å². The third-order valence-electron chi connectivity index (χ3n) is 21.7. The van der Waals surface area contributed by atoms with Gasteiger partial charge in [-0.3, -0.25) is 19.2 Å². The maximum absolute atomic E-state index is 13.5. The molecule has 1 saturated carbocycles. The number of nitrogens with two attached hydrogens (primary N) is 3. The third-order valence-corrected chi connectivity index (χ3v) is 21.7. The molecule has 16 rings (SSSR count). The van der Waals surface area contributed by atoms with Gasteiger partial charge >= 0.3 is 0 Å². The number of amides is 2. The molecule has 93 heavy (non-hydrogen) atoms. The molecule has 5 aliphatic heterocycles. The van der Waals surface area contributed by atoms with Gasteiger partial charge in [0.05, 0.1) is 25.4 Å². The Morgan fingerprint density at radius 1 is 0.505 bits per heavy atom. The van der Waals surface area contributed by atoms with Crippen molar-refractivity contribution in [1.29, 1.82) is 0 Å². The fourth-order valence-corrected chi connectivity index (χ4v) is 15.9. The van der Waals surface area contributed by atoms with Crippen molar-refractivity contribution in [2.45, 2.75) is 120 Å². The van der Waals surface area contributed by atoms with E-state index in [2.05, 4.69) is 106 Å². The Hall–Kier alpha value is -8.94. The highest BCUT2D eigenvalue weighted by atomic mass is 16.5. The number of hydrogen-bond donors (Lipinski definition) is 3. The second-order valence-corrected chi connectivity index (χ2v) is 28.0. The van der Waals surface area contributed by atoms with Gasteiger partial charge in [0.15, 0.2) is 11.6 Å². The second-order valence-electron chi connectivity index (χ2n) is 28.0. The predicted octanol–water partition coefficient (Wildman–Crippen LogP) is 13.8. The zero-order valence-corrected chi connectivity index (χ0v) is 53.7. The van der Waals surface area contributed by atoms with Crippen molar-refractivity contribution in [2.24, 2.45) is 23.1 Å². The van der Waals surface area contributed by atoms with Gasteiger partial charge in [-0.1, -0.05) is 160 Å². The summed E-state index contributed by atoms with van der Waals surface area (Å²) in [6.45, 7) is 13.1. The molecular formula is C81H83N5O7. The maximum Gasteiger partial charge on any atom is 0.254 e. The van der Waals surface area contributed by atoms with Gasteiger partial charge < -0.3 is 41.2 Å². The molecule has 0 bridgehead atoms. The maximum atomic E-state index is 13.5. The van der Waals surface area contributed by atoms with E-state index >= 15 is 0 Å². The largest absolute Gasteiger partial charge is 0.492 e. The molecule has 0 aromatic heterocycles. The van der Waals surface area contributed by atoms with Gasteiger partial charge in [-0.25, -0.2) is 0 Å². The topological polar surface area (TPSA) is 181 Å². The summed E-state index contributed by atoms with van der Waals surface area (Å²) >= 11 is 0. The number of carbonyl (C=O) groups excluding carboxylic acids is 4. The van der Waals surface area contributed by atoms with Crippen molar-refractivity contribution in [3.63, 3.8) is 0 Å². The normalized spacial score (nSPS) is 19.6. The zero-order chi connectivity index (χ0) is 64.2. The van der Waals surface area contributed by atoms with E-state index < -0.39 is 0 Å². The molecule has 8 aliphatic rings. The van der Waals surface area contributed by atoms with Crippen molar-refractivity contribution >= 4 is 29.5 Å². The summed E-state index contributed by atoms with van der Waals surface area (Å²) in [4.78, 5) is 56.9. The number of hydrogen-bond acceptors (Lipinski definition) is 10. The van der Waals surface area contributed by atoms with Gasteiger partial charge in [-0.2, -0.15) is 0 Å². The summed E-state index contributed by atoms with van der Waals surface area (Å²) in [6.07, 6.45) is 11.9. The molecule has 2 amide bonds. The summed E-state index contributed by atoms with van der Waals surface area (Å²) in [5.41, 5.74) is 36.6. The lowest BCUT2D eigenvalue weighted by molar-refractivity contribution is -0.119. The first-order valence-electron chi connectivity index (χ1n) is 33.4. The first-order valence-corrected chi connectivity index (χ1v) is 33.4. The average Bonchev–Trinajstić information content (AvgIpc) is 1.76. The van der Waals surface area contributed by atoms with Crippen molar-refractivity contribution in [3.05, 3.63) is 248 Å². The lowest BCUT2D eigenvalue weighted by atomic mass is 9.67. The zero-order valence-electron chi connectivity index (χ0n) is 53.7. The molecule has 2 saturated heterocycles. The van der Waals surface area contributed by atoms with Crippen molar-refractivity contribution in [3.8, 4) is 39.5 Å².